The molecular formula is C26H36FNO4. The fourth-order valence-electron chi connectivity index (χ4n) is 3.83. The van der Waals surface area contributed by atoms with E-state index in [1.54, 1.807) is 25.3 Å². The van der Waals surface area contributed by atoms with Crippen LogP contribution in [0.15, 0.2) is 30.3 Å². The fourth-order valence-corrected chi connectivity index (χ4v) is 3.83. The van der Waals surface area contributed by atoms with E-state index in [0.29, 0.717) is 6.61 Å². The van der Waals surface area contributed by atoms with Crippen molar-refractivity contribution in [3.8, 4) is 11.1 Å². The van der Waals surface area contributed by atoms with Crippen molar-refractivity contribution in [1.82, 2.24) is 4.98 Å². The first-order chi connectivity index (χ1) is 15.2. The average molecular weight is 446 g/mol. The van der Waals surface area contributed by atoms with Crippen molar-refractivity contribution in [2.75, 3.05) is 13.7 Å². The van der Waals surface area contributed by atoms with Gasteiger partial charge in [-0.25, -0.2) is 4.39 Å². The number of aromatic nitrogens is 1. The van der Waals surface area contributed by atoms with Gasteiger partial charge in [0.05, 0.1) is 24.5 Å². The van der Waals surface area contributed by atoms with Gasteiger partial charge in [-0.3, -0.25) is 4.98 Å². The van der Waals surface area contributed by atoms with Gasteiger partial charge in [-0.05, 0) is 41.5 Å². The lowest BCUT2D eigenvalue weighted by atomic mass is 9.87. The zero-order valence-electron chi connectivity index (χ0n) is 19.7. The zero-order chi connectivity index (χ0) is 23.8. The number of hydrogen-bond acceptors (Lipinski definition) is 5. The van der Waals surface area contributed by atoms with E-state index in [1.807, 2.05) is 6.08 Å². The molecule has 0 fully saturated rings. The largest absolute Gasteiger partial charge is 0.396 e. The van der Waals surface area contributed by atoms with E-state index >= 15 is 0 Å². The summed E-state index contributed by atoms with van der Waals surface area (Å²) < 4.78 is 19.2. The molecular weight excluding hydrogens is 409 g/mol. The Labute approximate surface area is 190 Å². The molecule has 2 rings (SSSR count). The summed E-state index contributed by atoms with van der Waals surface area (Å²) in [6, 6.07) is 6.36. The number of ether oxygens (including phenoxy) is 1. The van der Waals surface area contributed by atoms with Crippen molar-refractivity contribution in [2.45, 2.75) is 71.2 Å². The molecule has 0 aliphatic rings. The van der Waals surface area contributed by atoms with Crippen LogP contribution in [0.5, 0.6) is 0 Å². The van der Waals surface area contributed by atoms with Crippen molar-refractivity contribution in [1.29, 1.82) is 0 Å². The molecule has 1 aromatic heterocycles. The molecule has 0 aliphatic heterocycles. The first-order valence-corrected chi connectivity index (χ1v) is 11.2. The molecule has 0 spiro atoms. The van der Waals surface area contributed by atoms with Crippen molar-refractivity contribution >= 4 is 6.08 Å². The Kier molecular flexibility index (Phi) is 9.97. The summed E-state index contributed by atoms with van der Waals surface area (Å²) in [4.78, 5) is 4.99. The maximum atomic E-state index is 13.7. The van der Waals surface area contributed by atoms with Gasteiger partial charge in [-0.15, -0.1) is 0 Å². The van der Waals surface area contributed by atoms with Crippen molar-refractivity contribution in [3.05, 3.63) is 58.7 Å². The first-order valence-electron chi connectivity index (χ1n) is 11.2. The van der Waals surface area contributed by atoms with Gasteiger partial charge in [0.25, 0.3) is 0 Å². The van der Waals surface area contributed by atoms with Crippen LogP contribution in [0.2, 0.25) is 0 Å². The number of nitrogens with zero attached hydrogens (tertiary/aromatic N) is 1. The topological polar surface area (TPSA) is 82.8 Å². The lowest BCUT2D eigenvalue weighted by Crippen LogP contribution is -2.17. The molecule has 0 saturated heterocycles. The van der Waals surface area contributed by atoms with E-state index in [0.717, 1.165) is 33.6 Å². The van der Waals surface area contributed by atoms with E-state index in [2.05, 4.69) is 27.7 Å². The van der Waals surface area contributed by atoms with Gasteiger partial charge in [0.2, 0.25) is 0 Å². The fraction of sp³-hybridized carbons (Fsp3) is 0.500. The number of aliphatic hydroxyl groups excluding tert-OH is 3. The summed E-state index contributed by atoms with van der Waals surface area (Å²) in [5.41, 5.74) is 5.36. The number of hydrogen-bond donors (Lipinski definition) is 3. The van der Waals surface area contributed by atoms with Gasteiger partial charge in [0.1, 0.15) is 5.82 Å². The highest BCUT2D eigenvalue weighted by molar-refractivity contribution is 5.80. The van der Waals surface area contributed by atoms with Gasteiger partial charge < -0.3 is 20.1 Å². The summed E-state index contributed by atoms with van der Waals surface area (Å²) in [5, 5.41) is 29.3. The number of pyridine rings is 1. The van der Waals surface area contributed by atoms with E-state index in [9.17, 15) is 14.6 Å². The van der Waals surface area contributed by atoms with Crippen LogP contribution in [0.25, 0.3) is 17.2 Å². The number of methoxy groups -OCH3 is 1. The lowest BCUT2D eigenvalue weighted by molar-refractivity contribution is 0.0827. The molecule has 0 amide bonds. The number of rotatable bonds is 11. The van der Waals surface area contributed by atoms with Crippen molar-refractivity contribution in [2.24, 2.45) is 0 Å². The molecule has 0 radical (unpaired) electrons. The summed E-state index contributed by atoms with van der Waals surface area (Å²) in [6.45, 7) is 8.52. The van der Waals surface area contributed by atoms with Crippen LogP contribution in [-0.2, 0) is 11.3 Å². The maximum absolute atomic E-state index is 13.7. The zero-order valence-corrected chi connectivity index (χ0v) is 19.7. The van der Waals surface area contributed by atoms with Gasteiger partial charge in [0.15, 0.2) is 0 Å². The predicted molar refractivity (Wildman–Crippen MR) is 126 cm³/mol. The van der Waals surface area contributed by atoms with E-state index in [-0.39, 0.29) is 37.1 Å². The highest BCUT2D eigenvalue weighted by Gasteiger charge is 2.23. The lowest BCUT2D eigenvalue weighted by Gasteiger charge is -2.23. The summed E-state index contributed by atoms with van der Waals surface area (Å²) >= 11 is 0. The molecule has 2 aromatic rings. The van der Waals surface area contributed by atoms with E-state index in [1.165, 1.54) is 12.1 Å². The van der Waals surface area contributed by atoms with Crippen LogP contribution in [-0.4, -0.2) is 46.2 Å². The van der Waals surface area contributed by atoms with E-state index in [4.69, 9.17) is 14.8 Å². The smallest absolute Gasteiger partial charge is 0.123 e. The normalized spacial score (nSPS) is 14.0. The Morgan fingerprint density at radius 2 is 1.66 bits per heavy atom. The third-order valence-electron chi connectivity index (χ3n) is 5.37. The standard InChI is InChI=1S/C26H36FNO4/c1-16(2)25-22(11-10-20(30)14-21(31)12-13-29)24(18-6-8-19(27)9-7-18)23(15-32-5)26(28-25)17(3)4/h6-11,16-17,20-21,29-31H,12-15H2,1-5H3/t20-,21+/m1/s1. The molecule has 32 heavy (non-hydrogen) atoms. The van der Waals surface area contributed by atoms with Crippen molar-refractivity contribution in [3.63, 3.8) is 0 Å². The molecule has 6 heteroatoms. The highest BCUT2D eigenvalue weighted by atomic mass is 19.1. The summed E-state index contributed by atoms with van der Waals surface area (Å²) in [6.07, 6.45) is 2.15. The molecule has 3 N–H and O–H groups in total. The van der Waals surface area contributed by atoms with Gasteiger partial charge in [-0.2, -0.15) is 0 Å². The predicted octanol–water partition coefficient (Wildman–Crippen LogP) is 4.79. The molecule has 176 valence electrons. The summed E-state index contributed by atoms with van der Waals surface area (Å²) in [5.74, 6) is -0.0381. The highest BCUT2D eigenvalue weighted by Crippen LogP contribution is 2.37. The van der Waals surface area contributed by atoms with Crippen LogP contribution in [0.4, 0.5) is 4.39 Å². The van der Waals surface area contributed by atoms with Crippen LogP contribution in [0, 0.1) is 5.82 Å². The minimum Gasteiger partial charge on any atom is -0.396 e. The number of halogens is 1. The minimum absolute atomic E-state index is 0.111. The molecule has 0 saturated carbocycles. The Hall–Kier alpha value is -2.12. The van der Waals surface area contributed by atoms with Gasteiger partial charge in [-0.1, -0.05) is 52.0 Å². The van der Waals surface area contributed by atoms with Crippen LogP contribution >= 0.6 is 0 Å². The quantitative estimate of drug-likeness (QED) is 0.463. The summed E-state index contributed by atoms with van der Waals surface area (Å²) in [7, 11) is 1.64. The molecule has 0 bridgehead atoms. The molecule has 2 atom stereocenters. The third-order valence-corrected chi connectivity index (χ3v) is 5.37. The first kappa shape index (κ1) is 26.1. The number of benzene rings is 1. The molecule has 1 aromatic carbocycles. The second-order valence-electron chi connectivity index (χ2n) is 8.73. The van der Waals surface area contributed by atoms with Gasteiger partial charge >= 0.3 is 0 Å². The number of aliphatic hydroxyl groups is 3. The van der Waals surface area contributed by atoms with E-state index < -0.39 is 12.2 Å². The van der Waals surface area contributed by atoms with Crippen molar-refractivity contribution < 1.29 is 24.4 Å². The molecule has 5 nitrogen and oxygen atoms in total. The molecule has 0 unspecified atom stereocenters. The average Bonchev–Trinajstić information content (AvgIpc) is 2.72. The van der Waals surface area contributed by atoms with Crippen LogP contribution < -0.4 is 0 Å². The maximum Gasteiger partial charge on any atom is 0.123 e. The third kappa shape index (κ3) is 6.69. The van der Waals surface area contributed by atoms with Crippen LogP contribution in [0.1, 0.15) is 74.9 Å². The Balaban J connectivity index is 2.72. The Morgan fingerprint density at radius 3 is 2.19 bits per heavy atom. The van der Waals surface area contributed by atoms with Crippen LogP contribution in [0.3, 0.4) is 0 Å². The second-order valence-corrected chi connectivity index (χ2v) is 8.73. The Morgan fingerprint density at radius 1 is 1.03 bits per heavy atom. The Bertz CT molecular complexity index is 894. The SMILES string of the molecule is COCc1c(C(C)C)nc(C(C)C)c(C=C[C@@H](O)C[C@@H](O)CCO)c1-c1ccc(F)cc1. The van der Waals surface area contributed by atoms with Gasteiger partial charge in [0, 0.05) is 37.0 Å². The molecule has 0 aliphatic carbocycles. The minimum atomic E-state index is -0.881. The monoisotopic (exact) mass is 445 g/mol. The molecule has 1 heterocycles. The second kappa shape index (κ2) is 12.2.